The number of methoxy groups -OCH3 is 2. The third kappa shape index (κ3) is 4.63. The fourth-order valence-corrected chi connectivity index (χ4v) is 2.90. The van der Waals surface area contributed by atoms with Crippen molar-refractivity contribution in [3.8, 4) is 11.5 Å². The van der Waals surface area contributed by atoms with Crippen molar-refractivity contribution >= 4 is 35.1 Å². The highest BCUT2D eigenvalue weighted by Gasteiger charge is 2.31. The number of ether oxygens (including phenoxy) is 2. The summed E-state index contributed by atoms with van der Waals surface area (Å²) < 4.78 is 10.1. The maximum atomic E-state index is 12.6. The predicted molar refractivity (Wildman–Crippen MR) is 99.9 cm³/mol. The van der Waals surface area contributed by atoms with E-state index < -0.39 is 24.0 Å². The maximum Gasteiger partial charge on any atom is 0.329 e. The van der Waals surface area contributed by atoms with Gasteiger partial charge in [0.05, 0.1) is 24.3 Å². The zero-order chi connectivity index (χ0) is 20.1. The van der Waals surface area contributed by atoms with Crippen molar-refractivity contribution in [2.24, 2.45) is 0 Å². The summed E-state index contributed by atoms with van der Waals surface area (Å²) >= 11 is 12.0. The fraction of sp³-hybridized carbons (Fsp3) is 0.222. The van der Waals surface area contributed by atoms with E-state index in [0.29, 0.717) is 5.75 Å². The van der Waals surface area contributed by atoms with Crippen molar-refractivity contribution in [2.45, 2.75) is 12.1 Å². The number of carboxylic acid groups (broad SMARTS) is 1. The lowest BCUT2D eigenvalue weighted by atomic mass is 10.0. The van der Waals surface area contributed by atoms with E-state index in [4.69, 9.17) is 32.7 Å². The highest BCUT2D eigenvalue weighted by Crippen LogP contribution is 2.34. The van der Waals surface area contributed by atoms with Crippen LogP contribution in [0.15, 0.2) is 36.4 Å². The number of aliphatic hydroxyl groups excluding tert-OH is 1. The molecule has 27 heavy (non-hydrogen) atoms. The molecule has 0 saturated carbocycles. The van der Waals surface area contributed by atoms with Gasteiger partial charge in [-0.25, -0.2) is 4.79 Å². The number of hydrogen-bond donors (Lipinski definition) is 3. The van der Waals surface area contributed by atoms with Crippen LogP contribution in [0, 0.1) is 0 Å². The SMILES string of the molecule is COc1ccc(C(O)C(NC(=O)c2c(Cl)ccc(Cl)c2OC)C(=O)O)cc1. The number of rotatable bonds is 7. The van der Waals surface area contributed by atoms with E-state index >= 15 is 0 Å². The minimum absolute atomic E-state index is 0.00439. The number of carboxylic acids is 1. The van der Waals surface area contributed by atoms with Gasteiger partial charge in [-0.05, 0) is 29.8 Å². The lowest BCUT2D eigenvalue weighted by Gasteiger charge is -2.22. The second-order valence-electron chi connectivity index (χ2n) is 5.44. The lowest BCUT2D eigenvalue weighted by Crippen LogP contribution is -2.45. The van der Waals surface area contributed by atoms with Crippen LogP contribution in [0.2, 0.25) is 10.0 Å². The van der Waals surface area contributed by atoms with Gasteiger partial charge in [0.2, 0.25) is 0 Å². The van der Waals surface area contributed by atoms with Gasteiger partial charge < -0.3 is 25.0 Å². The number of benzene rings is 2. The van der Waals surface area contributed by atoms with Crippen molar-refractivity contribution in [1.82, 2.24) is 5.32 Å². The molecule has 0 bridgehead atoms. The van der Waals surface area contributed by atoms with Crippen LogP contribution < -0.4 is 14.8 Å². The van der Waals surface area contributed by atoms with Gasteiger partial charge in [-0.3, -0.25) is 4.79 Å². The first kappa shape index (κ1) is 20.8. The first-order valence-electron chi connectivity index (χ1n) is 7.67. The molecule has 144 valence electrons. The van der Waals surface area contributed by atoms with Crippen LogP contribution in [0.3, 0.4) is 0 Å². The highest BCUT2D eigenvalue weighted by molar-refractivity contribution is 6.37. The largest absolute Gasteiger partial charge is 0.497 e. The molecule has 0 aliphatic rings. The van der Waals surface area contributed by atoms with Crippen LogP contribution in [0.1, 0.15) is 22.0 Å². The molecule has 9 heteroatoms. The lowest BCUT2D eigenvalue weighted by molar-refractivity contribution is -0.142. The molecule has 2 unspecified atom stereocenters. The molecule has 0 fully saturated rings. The van der Waals surface area contributed by atoms with E-state index in [-0.39, 0.29) is 26.9 Å². The Morgan fingerprint density at radius 1 is 1.00 bits per heavy atom. The van der Waals surface area contributed by atoms with E-state index in [9.17, 15) is 19.8 Å². The number of aliphatic carboxylic acids is 1. The van der Waals surface area contributed by atoms with Gasteiger partial charge in [-0.2, -0.15) is 0 Å². The Hall–Kier alpha value is -2.48. The highest BCUT2D eigenvalue weighted by atomic mass is 35.5. The molecule has 0 heterocycles. The second-order valence-corrected chi connectivity index (χ2v) is 6.26. The normalized spacial score (nSPS) is 12.8. The quantitative estimate of drug-likeness (QED) is 0.644. The Bertz CT molecular complexity index is 840. The topological polar surface area (TPSA) is 105 Å². The molecule has 0 spiro atoms. The van der Waals surface area contributed by atoms with Crippen LogP contribution in [0.5, 0.6) is 11.5 Å². The van der Waals surface area contributed by atoms with Crippen molar-refractivity contribution in [3.63, 3.8) is 0 Å². The summed E-state index contributed by atoms with van der Waals surface area (Å²) in [6, 6.07) is 7.33. The molecule has 2 aromatic carbocycles. The Balaban J connectivity index is 2.32. The summed E-state index contributed by atoms with van der Waals surface area (Å²) in [7, 11) is 2.78. The first-order chi connectivity index (χ1) is 12.8. The molecule has 2 aromatic rings. The molecular weight excluding hydrogens is 397 g/mol. The van der Waals surface area contributed by atoms with Crippen LogP contribution >= 0.6 is 23.2 Å². The number of carbonyl (C=O) groups is 2. The minimum atomic E-state index is -1.63. The molecule has 1 amide bonds. The zero-order valence-corrected chi connectivity index (χ0v) is 15.9. The van der Waals surface area contributed by atoms with E-state index in [2.05, 4.69) is 5.32 Å². The molecule has 2 atom stereocenters. The van der Waals surface area contributed by atoms with Crippen molar-refractivity contribution in [2.75, 3.05) is 14.2 Å². The Morgan fingerprint density at radius 3 is 2.11 bits per heavy atom. The third-order valence-electron chi connectivity index (χ3n) is 3.82. The summed E-state index contributed by atoms with van der Waals surface area (Å²) in [6.45, 7) is 0. The number of aliphatic hydroxyl groups is 1. The fourth-order valence-electron chi connectivity index (χ4n) is 2.43. The van der Waals surface area contributed by atoms with Crippen molar-refractivity contribution < 1.29 is 29.3 Å². The summed E-state index contributed by atoms with van der Waals surface area (Å²) in [5.41, 5.74) is 0.160. The van der Waals surface area contributed by atoms with Gasteiger partial charge in [0.15, 0.2) is 11.8 Å². The molecule has 0 saturated heterocycles. The van der Waals surface area contributed by atoms with Crippen LogP contribution in [0.25, 0.3) is 0 Å². The van der Waals surface area contributed by atoms with Crippen LogP contribution in [-0.4, -0.2) is 42.4 Å². The number of nitrogens with one attached hydrogen (secondary N) is 1. The van der Waals surface area contributed by atoms with Gasteiger partial charge in [0.25, 0.3) is 5.91 Å². The Labute approximate surface area is 165 Å². The molecule has 0 aliphatic carbocycles. The molecule has 0 aromatic heterocycles. The predicted octanol–water partition coefficient (Wildman–Crippen LogP) is 2.93. The summed E-state index contributed by atoms with van der Waals surface area (Å²) in [6.07, 6.45) is -1.51. The summed E-state index contributed by atoms with van der Waals surface area (Å²) in [5.74, 6) is -1.73. The first-order valence-corrected chi connectivity index (χ1v) is 8.43. The molecule has 0 radical (unpaired) electrons. The second kappa shape index (κ2) is 8.94. The molecule has 2 rings (SSSR count). The molecule has 7 nitrogen and oxygen atoms in total. The maximum absolute atomic E-state index is 12.6. The van der Waals surface area contributed by atoms with Gasteiger partial charge in [0.1, 0.15) is 17.4 Å². The van der Waals surface area contributed by atoms with Crippen molar-refractivity contribution in [3.05, 3.63) is 57.6 Å². The van der Waals surface area contributed by atoms with E-state index in [1.807, 2.05) is 0 Å². The van der Waals surface area contributed by atoms with Crippen LogP contribution in [-0.2, 0) is 4.79 Å². The average molecular weight is 414 g/mol. The van der Waals surface area contributed by atoms with Gasteiger partial charge >= 0.3 is 5.97 Å². The molecule has 3 N–H and O–H groups in total. The van der Waals surface area contributed by atoms with Gasteiger partial charge in [0, 0.05) is 0 Å². The molecular formula is C18H17Cl2NO6. The van der Waals surface area contributed by atoms with Gasteiger partial charge in [-0.1, -0.05) is 35.3 Å². The van der Waals surface area contributed by atoms with E-state index in [0.717, 1.165) is 0 Å². The minimum Gasteiger partial charge on any atom is -0.497 e. The zero-order valence-electron chi connectivity index (χ0n) is 14.4. The van der Waals surface area contributed by atoms with E-state index in [1.165, 1.54) is 38.5 Å². The number of halogens is 2. The number of carbonyl (C=O) groups excluding carboxylic acids is 1. The van der Waals surface area contributed by atoms with Crippen molar-refractivity contribution in [1.29, 1.82) is 0 Å². The third-order valence-corrected chi connectivity index (χ3v) is 4.43. The standard InChI is InChI=1S/C18H17Cl2NO6/c1-26-10-5-3-9(4-6-10)15(22)14(18(24)25)21-17(23)13-11(19)7-8-12(20)16(13)27-2/h3-8,14-15,22H,1-2H3,(H,21,23)(H,24,25). The average Bonchev–Trinajstić information content (AvgIpc) is 2.66. The Morgan fingerprint density at radius 2 is 1.59 bits per heavy atom. The van der Waals surface area contributed by atoms with Gasteiger partial charge in [-0.15, -0.1) is 0 Å². The Kier molecular flexibility index (Phi) is 6.90. The summed E-state index contributed by atoms with van der Waals surface area (Å²) in [5, 5.41) is 22.3. The number of hydrogen-bond acceptors (Lipinski definition) is 5. The smallest absolute Gasteiger partial charge is 0.329 e. The van der Waals surface area contributed by atoms with Crippen LogP contribution in [0.4, 0.5) is 0 Å². The molecule has 0 aliphatic heterocycles. The van der Waals surface area contributed by atoms with E-state index in [1.54, 1.807) is 12.1 Å². The monoisotopic (exact) mass is 413 g/mol. The number of amides is 1. The summed E-state index contributed by atoms with van der Waals surface area (Å²) in [4.78, 5) is 24.2.